The third-order valence-corrected chi connectivity index (χ3v) is 11.3. The molecule has 4 heterocycles. The van der Waals surface area contributed by atoms with E-state index >= 15 is 0 Å². The summed E-state index contributed by atoms with van der Waals surface area (Å²) in [4.78, 5) is 0. The average Bonchev–Trinajstić information content (AvgIpc) is 3.91. The van der Waals surface area contributed by atoms with Gasteiger partial charge in [-0.05, 0) is 84.9 Å². The van der Waals surface area contributed by atoms with Crippen molar-refractivity contribution in [2.24, 2.45) is 0 Å². The fraction of sp³-hybridized carbons (Fsp3) is 0. The molecule has 0 aliphatic heterocycles. The first-order valence-electron chi connectivity index (χ1n) is 16.4. The highest BCUT2D eigenvalue weighted by Gasteiger charge is 2.21. The van der Waals surface area contributed by atoms with E-state index in [2.05, 4.69) is 124 Å². The van der Waals surface area contributed by atoms with Crippen LogP contribution in [0.2, 0.25) is 0 Å². The van der Waals surface area contributed by atoms with Gasteiger partial charge in [0.25, 0.3) is 0 Å². The number of thiophene rings is 1. The van der Waals surface area contributed by atoms with Crippen LogP contribution < -0.4 is 0 Å². The van der Waals surface area contributed by atoms with Crippen LogP contribution in [0.3, 0.4) is 0 Å². The van der Waals surface area contributed by atoms with Crippen molar-refractivity contribution in [1.82, 2.24) is 9.13 Å². The van der Waals surface area contributed by atoms with Gasteiger partial charge >= 0.3 is 0 Å². The Morgan fingerprint density at radius 2 is 1.16 bits per heavy atom. The molecule has 0 unspecified atom stereocenters. The zero-order chi connectivity index (χ0) is 33.1. The van der Waals surface area contributed by atoms with Crippen molar-refractivity contribution >= 4 is 97.1 Å². The largest absolute Gasteiger partial charge is 0.455 e. The number of aromatic nitrogens is 2. The van der Waals surface area contributed by atoms with Crippen LogP contribution >= 0.6 is 11.3 Å². The van der Waals surface area contributed by atoms with Crippen LogP contribution in [0.4, 0.5) is 0 Å². The van der Waals surface area contributed by atoms with Crippen LogP contribution in [0.25, 0.3) is 97.1 Å². The second kappa shape index (κ2) is 9.84. The lowest BCUT2D eigenvalue weighted by atomic mass is 10.1. The normalized spacial score (nSPS) is 12.0. The molecule has 0 fully saturated rings. The van der Waals surface area contributed by atoms with E-state index in [0.29, 0.717) is 16.7 Å². The Kier molecular flexibility index (Phi) is 5.34. The van der Waals surface area contributed by atoms with Gasteiger partial charge in [0.15, 0.2) is 5.58 Å². The number of nitriles is 2. The van der Waals surface area contributed by atoms with E-state index in [9.17, 15) is 10.5 Å². The second-order valence-electron chi connectivity index (χ2n) is 12.7. The number of hydrogen-bond acceptors (Lipinski definition) is 4. The lowest BCUT2D eigenvalue weighted by Crippen LogP contribution is -1.94. The van der Waals surface area contributed by atoms with Crippen molar-refractivity contribution in [3.8, 4) is 23.5 Å². The zero-order valence-corrected chi connectivity index (χ0v) is 27.1. The summed E-state index contributed by atoms with van der Waals surface area (Å²) in [6, 6.07) is 51.0. The molecule has 11 rings (SSSR count). The molecule has 0 aliphatic rings. The SMILES string of the molecule is N#Cc1ccc2c(c1)c1ccccc1n2-c1ccc2sc3ccc(-n4c5ccccc5c5ccc6oc7c(C#N)cccc7c6c54)cc3c2c1. The molecule has 4 aromatic heterocycles. The molecular formula is C44H22N4OS. The lowest BCUT2D eigenvalue weighted by molar-refractivity contribution is 0.668. The molecular weight excluding hydrogens is 633 g/mol. The molecule has 0 spiro atoms. The number of para-hydroxylation sites is 3. The van der Waals surface area contributed by atoms with Crippen molar-refractivity contribution in [1.29, 1.82) is 10.5 Å². The van der Waals surface area contributed by atoms with Crippen molar-refractivity contribution in [3.05, 3.63) is 145 Å². The topological polar surface area (TPSA) is 70.6 Å². The summed E-state index contributed by atoms with van der Waals surface area (Å²) >= 11 is 1.80. The Balaban J connectivity index is 1.20. The van der Waals surface area contributed by atoms with Gasteiger partial charge in [0, 0.05) is 58.5 Å². The number of hydrogen-bond donors (Lipinski definition) is 0. The van der Waals surface area contributed by atoms with Gasteiger partial charge in [-0.3, -0.25) is 0 Å². The second-order valence-corrected chi connectivity index (χ2v) is 13.8. The maximum absolute atomic E-state index is 9.87. The summed E-state index contributed by atoms with van der Waals surface area (Å²) in [6.07, 6.45) is 0. The monoisotopic (exact) mass is 654 g/mol. The van der Waals surface area contributed by atoms with Crippen LogP contribution in [0, 0.1) is 22.7 Å². The van der Waals surface area contributed by atoms with Crippen molar-refractivity contribution in [2.45, 2.75) is 0 Å². The molecule has 7 aromatic carbocycles. The highest BCUT2D eigenvalue weighted by Crippen LogP contribution is 2.43. The van der Waals surface area contributed by atoms with Crippen molar-refractivity contribution in [2.75, 3.05) is 0 Å². The molecule has 0 bridgehead atoms. The highest BCUT2D eigenvalue weighted by molar-refractivity contribution is 7.25. The number of fused-ring (bicyclic) bond motifs is 13. The van der Waals surface area contributed by atoms with E-state index in [1.54, 1.807) is 11.3 Å². The number of rotatable bonds is 2. The van der Waals surface area contributed by atoms with Gasteiger partial charge in [0.05, 0.1) is 44.6 Å². The van der Waals surface area contributed by atoms with E-state index in [1.165, 1.54) is 25.6 Å². The van der Waals surface area contributed by atoms with Crippen LogP contribution in [0.5, 0.6) is 0 Å². The van der Waals surface area contributed by atoms with Gasteiger partial charge in [-0.2, -0.15) is 10.5 Å². The predicted octanol–water partition coefficient (Wildman–Crippen LogP) is 11.9. The molecule has 50 heavy (non-hydrogen) atoms. The lowest BCUT2D eigenvalue weighted by Gasteiger charge is -2.10. The number of furan rings is 1. The smallest absolute Gasteiger partial charge is 0.153 e. The van der Waals surface area contributed by atoms with Gasteiger partial charge in [-0.25, -0.2) is 0 Å². The Morgan fingerprint density at radius 1 is 0.500 bits per heavy atom. The third-order valence-electron chi connectivity index (χ3n) is 10.2. The average molecular weight is 655 g/mol. The summed E-state index contributed by atoms with van der Waals surface area (Å²) < 4.78 is 13.5. The van der Waals surface area contributed by atoms with E-state index in [-0.39, 0.29) is 0 Å². The summed E-state index contributed by atoms with van der Waals surface area (Å²) in [5, 5.41) is 28.3. The maximum Gasteiger partial charge on any atom is 0.153 e. The van der Waals surface area contributed by atoms with Crippen LogP contribution in [0.1, 0.15) is 11.1 Å². The van der Waals surface area contributed by atoms with Gasteiger partial charge < -0.3 is 13.6 Å². The number of nitrogens with zero attached hydrogens (tertiary/aromatic N) is 4. The fourth-order valence-electron chi connectivity index (χ4n) is 8.05. The predicted molar refractivity (Wildman–Crippen MR) is 205 cm³/mol. The minimum Gasteiger partial charge on any atom is -0.455 e. The van der Waals surface area contributed by atoms with Gasteiger partial charge in [0.1, 0.15) is 11.7 Å². The standard InChI is InChI=1S/C44H22N4OS/c45-23-25-12-16-38-33(20-25)30-8-2-3-10-36(30)47(38)27-13-18-40-34(21-27)35-22-28(14-19-41(35)50-40)48-37-11-4-1-7-29(37)31-15-17-39-42(43(31)48)32-9-5-6-26(24-46)44(32)49-39/h1-22H. The Morgan fingerprint density at radius 3 is 1.90 bits per heavy atom. The first-order chi connectivity index (χ1) is 24.7. The molecule has 0 saturated carbocycles. The Bertz CT molecular complexity index is 3360. The van der Waals surface area contributed by atoms with E-state index in [1.807, 2.05) is 30.3 Å². The first kappa shape index (κ1) is 27.1. The molecule has 0 amide bonds. The minimum absolute atomic E-state index is 0.533. The fourth-order valence-corrected chi connectivity index (χ4v) is 9.11. The molecule has 0 N–H and O–H groups in total. The minimum atomic E-state index is 0.533. The molecule has 230 valence electrons. The van der Waals surface area contributed by atoms with E-state index in [4.69, 9.17) is 4.42 Å². The highest BCUT2D eigenvalue weighted by atomic mass is 32.1. The van der Waals surface area contributed by atoms with Gasteiger partial charge in [0.2, 0.25) is 0 Å². The van der Waals surface area contributed by atoms with Crippen LogP contribution in [-0.2, 0) is 0 Å². The third kappa shape index (κ3) is 3.52. The Hall–Kier alpha value is -6.86. The van der Waals surface area contributed by atoms with Crippen molar-refractivity contribution < 1.29 is 4.42 Å². The molecule has 0 aliphatic carbocycles. The molecule has 5 nitrogen and oxygen atoms in total. The summed E-state index contributed by atoms with van der Waals surface area (Å²) in [7, 11) is 0. The van der Waals surface area contributed by atoms with E-state index in [0.717, 1.165) is 66.0 Å². The van der Waals surface area contributed by atoms with Gasteiger partial charge in [-0.15, -0.1) is 11.3 Å². The van der Waals surface area contributed by atoms with Crippen LogP contribution in [-0.4, -0.2) is 9.13 Å². The quantitative estimate of drug-likeness (QED) is 0.186. The molecule has 0 atom stereocenters. The van der Waals surface area contributed by atoms with Crippen molar-refractivity contribution in [3.63, 3.8) is 0 Å². The van der Waals surface area contributed by atoms with Crippen LogP contribution in [0.15, 0.2) is 138 Å². The first-order valence-corrected chi connectivity index (χ1v) is 17.2. The molecule has 6 heteroatoms. The van der Waals surface area contributed by atoms with Gasteiger partial charge in [-0.1, -0.05) is 48.5 Å². The van der Waals surface area contributed by atoms with E-state index < -0.39 is 0 Å². The molecule has 0 saturated heterocycles. The molecule has 0 radical (unpaired) electrons. The molecule has 11 aromatic rings. The summed E-state index contributed by atoms with van der Waals surface area (Å²) in [6.45, 7) is 0. The summed E-state index contributed by atoms with van der Waals surface area (Å²) in [5.41, 5.74) is 9.08. The maximum atomic E-state index is 9.87. The Labute approximate surface area is 288 Å². The summed E-state index contributed by atoms with van der Waals surface area (Å²) in [5.74, 6) is 0. The number of benzene rings is 7. The zero-order valence-electron chi connectivity index (χ0n) is 26.3.